The number of benzene rings is 1. The van der Waals surface area contributed by atoms with Crippen LogP contribution in [0.15, 0.2) is 18.2 Å². The molecule has 2 heterocycles. The SMILES string of the molecule is Cc1nn(-c2ccc(Cl)cc2Cl)c(C)c1CC(=O)N1CCN(CC(=O)NC2CC2)CC1. The molecule has 1 aliphatic heterocycles. The lowest BCUT2D eigenvalue weighted by Crippen LogP contribution is -2.51. The average molecular weight is 464 g/mol. The van der Waals surface area contributed by atoms with Crippen LogP contribution in [-0.4, -0.2) is 70.2 Å². The Labute approximate surface area is 192 Å². The topological polar surface area (TPSA) is 70.5 Å². The van der Waals surface area contributed by atoms with Crippen LogP contribution in [-0.2, 0) is 16.0 Å². The third-order valence-corrected chi connectivity index (χ3v) is 6.48. The lowest BCUT2D eigenvalue weighted by atomic mass is 10.1. The molecule has 0 unspecified atom stereocenters. The standard InChI is InChI=1S/C22H27Cl2N5O2/c1-14-18(15(2)29(26-14)20-6-3-16(23)11-19(20)24)12-22(31)28-9-7-27(8-10-28)13-21(30)25-17-4-5-17/h3,6,11,17H,4-5,7-10,12-13H2,1-2H3,(H,25,30). The molecule has 31 heavy (non-hydrogen) atoms. The van der Waals surface area contributed by atoms with Gasteiger partial charge in [0.2, 0.25) is 11.8 Å². The van der Waals surface area contributed by atoms with E-state index in [0.29, 0.717) is 55.2 Å². The van der Waals surface area contributed by atoms with Crippen molar-refractivity contribution in [3.8, 4) is 5.69 Å². The van der Waals surface area contributed by atoms with Gasteiger partial charge in [-0.2, -0.15) is 5.10 Å². The first-order valence-electron chi connectivity index (χ1n) is 10.6. The van der Waals surface area contributed by atoms with E-state index in [1.807, 2.05) is 24.8 Å². The second-order valence-corrected chi connectivity index (χ2v) is 9.18. The van der Waals surface area contributed by atoms with Gasteiger partial charge >= 0.3 is 0 Å². The maximum atomic E-state index is 13.0. The van der Waals surface area contributed by atoms with E-state index in [9.17, 15) is 9.59 Å². The number of rotatable bonds is 6. The predicted octanol–water partition coefficient (Wildman–Crippen LogP) is 2.76. The number of piperazine rings is 1. The predicted molar refractivity (Wildman–Crippen MR) is 121 cm³/mol. The molecule has 1 saturated heterocycles. The van der Waals surface area contributed by atoms with Crippen molar-refractivity contribution in [2.24, 2.45) is 0 Å². The van der Waals surface area contributed by atoms with Crippen LogP contribution in [0, 0.1) is 13.8 Å². The molecule has 0 atom stereocenters. The molecule has 7 nitrogen and oxygen atoms in total. The molecule has 0 bridgehead atoms. The van der Waals surface area contributed by atoms with Gasteiger partial charge in [-0.15, -0.1) is 0 Å². The van der Waals surface area contributed by atoms with Gasteiger partial charge in [-0.3, -0.25) is 14.5 Å². The van der Waals surface area contributed by atoms with Crippen LogP contribution in [0.5, 0.6) is 0 Å². The molecule has 0 spiro atoms. The summed E-state index contributed by atoms with van der Waals surface area (Å²) in [6, 6.07) is 5.66. The molecule has 2 fully saturated rings. The smallest absolute Gasteiger partial charge is 0.234 e. The van der Waals surface area contributed by atoms with Crippen molar-refractivity contribution in [1.29, 1.82) is 0 Å². The number of carbonyl (C=O) groups excluding carboxylic acids is 2. The van der Waals surface area contributed by atoms with Crippen molar-refractivity contribution >= 4 is 35.0 Å². The van der Waals surface area contributed by atoms with E-state index in [-0.39, 0.29) is 11.8 Å². The summed E-state index contributed by atoms with van der Waals surface area (Å²) in [5.74, 6) is 0.164. The molecule has 1 aromatic heterocycles. The number of aromatic nitrogens is 2. The van der Waals surface area contributed by atoms with Gasteiger partial charge in [0.05, 0.1) is 29.4 Å². The number of nitrogens with zero attached hydrogens (tertiary/aromatic N) is 4. The molecule has 9 heteroatoms. The Morgan fingerprint density at radius 3 is 2.48 bits per heavy atom. The van der Waals surface area contributed by atoms with E-state index in [4.69, 9.17) is 23.2 Å². The van der Waals surface area contributed by atoms with E-state index < -0.39 is 0 Å². The summed E-state index contributed by atoms with van der Waals surface area (Å²) in [7, 11) is 0. The molecule has 1 aromatic carbocycles. The van der Waals surface area contributed by atoms with Gasteiger partial charge in [0.1, 0.15) is 0 Å². The van der Waals surface area contributed by atoms with Crippen molar-refractivity contribution in [2.45, 2.75) is 39.2 Å². The molecular formula is C22H27Cl2N5O2. The van der Waals surface area contributed by atoms with Crippen molar-refractivity contribution in [2.75, 3.05) is 32.7 Å². The quantitative estimate of drug-likeness (QED) is 0.714. The summed E-state index contributed by atoms with van der Waals surface area (Å²) in [4.78, 5) is 28.9. The zero-order valence-electron chi connectivity index (χ0n) is 17.8. The fourth-order valence-corrected chi connectivity index (χ4v) is 4.43. The molecule has 1 saturated carbocycles. The number of hydrogen-bond donors (Lipinski definition) is 1. The first kappa shape index (κ1) is 22.1. The Morgan fingerprint density at radius 1 is 1.13 bits per heavy atom. The van der Waals surface area contributed by atoms with E-state index in [1.165, 1.54) is 0 Å². The van der Waals surface area contributed by atoms with E-state index in [1.54, 1.807) is 16.8 Å². The van der Waals surface area contributed by atoms with Crippen LogP contribution < -0.4 is 5.32 Å². The van der Waals surface area contributed by atoms with Crippen LogP contribution in [0.3, 0.4) is 0 Å². The number of carbonyl (C=O) groups is 2. The summed E-state index contributed by atoms with van der Waals surface area (Å²) in [5.41, 5.74) is 3.36. The summed E-state index contributed by atoms with van der Waals surface area (Å²) < 4.78 is 1.77. The minimum atomic E-state index is 0.0787. The fourth-order valence-electron chi connectivity index (χ4n) is 3.94. The summed E-state index contributed by atoms with van der Waals surface area (Å²) in [5, 5.41) is 8.70. The summed E-state index contributed by atoms with van der Waals surface area (Å²) in [6.07, 6.45) is 2.48. The van der Waals surface area contributed by atoms with Crippen molar-refractivity contribution < 1.29 is 9.59 Å². The van der Waals surface area contributed by atoms with E-state index in [2.05, 4.69) is 15.3 Å². The van der Waals surface area contributed by atoms with Gasteiger partial charge in [-0.1, -0.05) is 23.2 Å². The normalized spacial score (nSPS) is 17.1. The first-order chi connectivity index (χ1) is 14.8. The third kappa shape index (κ3) is 5.22. The average Bonchev–Trinajstić information content (AvgIpc) is 3.49. The second-order valence-electron chi connectivity index (χ2n) is 8.33. The van der Waals surface area contributed by atoms with Crippen LogP contribution >= 0.6 is 23.2 Å². The van der Waals surface area contributed by atoms with Crippen molar-refractivity contribution in [3.05, 3.63) is 45.2 Å². The zero-order chi connectivity index (χ0) is 22.1. The highest BCUT2D eigenvalue weighted by molar-refractivity contribution is 6.35. The number of nitrogens with one attached hydrogen (secondary N) is 1. The van der Waals surface area contributed by atoms with Gasteiger partial charge in [-0.25, -0.2) is 4.68 Å². The molecular weight excluding hydrogens is 437 g/mol. The lowest BCUT2D eigenvalue weighted by Gasteiger charge is -2.34. The highest BCUT2D eigenvalue weighted by Crippen LogP contribution is 2.27. The van der Waals surface area contributed by atoms with E-state index in [0.717, 1.165) is 35.5 Å². The van der Waals surface area contributed by atoms with Crippen LogP contribution in [0.2, 0.25) is 10.0 Å². The fraction of sp³-hybridized carbons (Fsp3) is 0.500. The molecule has 2 aromatic rings. The number of aryl methyl sites for hydroxylation is 1. The second kappa shape index (κ2) is 9.18. The van der Waals surface area contributed by atoms with Crippen LogP contribution in [0.4, 0.5) is 0 Å². The Balaban J connectivity index is 1.37. The molecule has 4 rings (SSSR count). The largest absolute Gasteiger partial charge is 0.352 e. The highest BCUT2D eigenvalue weighted by atomic mass is 35.5. The minimum Gasteiger partial charge on any atom is -0.352 e. The van der Waals surface area contributed by atoms with Gasteiger partial charge in [0, 0.05) is 48.5 Å². The van der Waals surface area contributed by atoms with Gasteiger partial charge in [-0.05, 0) is 44.9 Å². The van der Waals surface area contributed by atoms with Gasteiger partial charge < -0.3 is 10.2 Å². The number of amides is 2. The van der Waals surface area contributed by atoms with Gasteiger partial charge in [0.25, 0.3) is 0 Å². The number of hydrogen-bond acceptors (Lipinski definition) is 4. The number of halogens is 2. The first-order valence-corrected chi connectivity index (χ1v) is 11.4. The molecule has 2 amide bonds. The molecule has 1 N–H and O–H groups in total. The molecule has 1 aliphatic carbocycles. The molecule has 2 aliphatic rings. The van der Waals surface area contributed by atoms with Crippen molar-refractivity contribution in [1.82, 2.24) is 24.9 Å². The minimum absolute atomic E-state index is 0.0787. The summed E-state index contributed by atoms with van der Waals surface area (Å²) >= 11 is 12.4. The Hall–Kier alpha value is -2.09. The Kier molecular flexibility index (Phi) is 6.55. The van der Waals surface area contributed by atoms with Crippen LogP contribution in [0.25, 0.3) is 5.69 Å². The molecule has 0 radical (unpaired) electrons. The monoisotopic (exact) mass is 463 g/mol. The van der Waals surface area contributed by atoms with Crippen molar-refractivity contribution in [3.63, 3.8) is 0 Å². The molecule has 166 valence electrons. The van der Waals surface area contributed by atoms with E-state index >= 15 is 0 Å². The van der Waals surface area contributed by atoms with Crippen LogP contribution in [0.1, 0.15) is 29.8 Å². The maximum Gasteiger partial charge on any atom is 0.234 e. The Morgan fingerprint density at radius 2 is 1.84 bits per heavy atom. The zero-order valence-corrected chi connectivity index (χ0v) is 19.3. The highest BCUT2D eigenvalue weighted by Gasteiger charge is 2.27. The Bertz CT molecular complexity index is 994. The van der Waals surface area contributed by atoms with Gasteiger partial charge in [0.15, 0.2) is 0 Å². The third-order valence-electron chi connectivity index (χ3n) is 5.94. The lowest BCUT2D eigenvalue weighted by molar-refractivity contribution is -0.132. The maximum absolute atomic E-state index is 13.0. The summed E-state index contributed by atoms with van der Waals surface area (Å²) in [6.45, 7) is 6.94.